The highest BCUT2D eigenvalue weighted by atomic mass is 32.1. The Kier molecular flexibility index (Phi) is 5.50. The van der Waals surface area contributed by atoms with Gasteiger partial charge in [-0.1, -0.05) is 152 Å². The molecule has 0 amide bonds. The van der Waals surface area contributed by atoms with Crippen LogP contribution in [0.2, 0.25) is 0 Å². The van der Waals surface area contributed by atoms with E-state index in [1.807, 2.05) is 11.3 Å². The average Bonchev–Trinajstić information content (AvgIpc) is 3.93. The zero-order valence-electron chi connectivity index (χ0n) is 30.0. The van der Waals surface area contributed by atoms with Crippen molar-refractivity contribution in [3.05, 3.63) is 176 Å². The lowest BCUT2D eigenvalue weighted by Gasteiger charge is -2.49. The van der Waals surface area contributed by atoms with E-state index in [-0.39, 0.29) is 6.85 Å². The van der Waals surface area contributed by atoms with Gasteiger partial charge >= 0.3 is 6.85 Å². The van der Waals surface area contributed by atoms with Crippen molar-refractivity contribution < 1.29 is 4.42 Å². The van der Waals surface area contributed by atoms with Gasteiger partial charge in [-0.3, -0.25) is 0 Å². The largest absolute Gasteiger partial charge is 0.454 e. The Hall–Kier alpha value is -6.60. The lowest BCUT2D eigenvalue weighted by atomic mass is 9.45. The van der Waals surface area contributed by atoms with Gasteiger partial charge < -0.3 is 13.8 Å². The molecule has 14 rings (SSSR count). The first-order valence-electron chi connectivity index (χ1n) is 19.4. The number of furan rings is 1. The fourth-order valence-electron chi connectivity index (χ4n) is 11.0. The van der Waals surface area contributed by atoms with Crippen molar-refractivity contribution in [2.45, 2.75) is 0 Å². The van der Waals surface area contributed by atoms with Crippen LogP contribution in [0.15, 0.2) is 180 Å². The zero-order valence-corrected chi connectivity index (χ0v) is 31.8. The number of hydrogen-bond acceptors (Lipinski definition) is 3. The maximum atomic E-state index is 7.11. The molecule has 0 atom stereocenters. The number of fused-ring (bicyclic) bond motifs is 15. The van der Waals surface area contributed by atoms with Gasteiger partial charge in [0.1, 0.15) is 5.58 Å². The van der Waals surface area contributed by atoms with Gasteiger partial charge in [0.15, 0.2) is 13.7 Å². The van der Waals surface area contributed by atoms with Crippen LogP contribution >= 0.6 is 11.3 Å². The first-order valence-corrected chi connectivity index (χ1v) is 22.2. The maximum absolute atomic E-state index is 7.11. The lowest BCUT2D eigenvalue weighted by Crippen LogP contribution is -2.78. The van der Waals surface area contributed by atoms with Crippen molar-refractivity contribution in [3.63, 3.8) is 0 Å². The Bertz CT molecular complexity index is 3470. The van der Waals surface area contributed by atoms with E-state index in [2.05, 4.69) is 185 Å². The molecule has 258 valence electrons. The van der Waals surface area contributed by atoms with Gasteiger partial charge in [-0.05, 0) is 61.5 Å². The Morgan fingerprint density at radius 2 is 1.21 bits per heavy atom. The second-order valence-electron chi connectivity index (χ2n) is 15.5. The number of thiophene rings is 1. The van der Waals surface area contributed by atoms with Crippen LogP contribution in [0.3, 0.4) is 0 Å². The third-order valence-electron chi connectivity index (χ3n) is 13.0. The standard InChI is InChI=1S/C50H29BN2OSSi/c1-3-15-30(16-4-1)56(31-17-5-2-6-18-31)42-27-12-9-24-39(42)52-47-38(23-14-28-43(47)56)51-45-36(29-37-32-19-7-10-25-40(32)54-49(37)48(45)52)33-21-13-22-35-44-34-20-8-11-26-41(34)55-50(44)53(51)46(33)35/h1-29H. The molecule has 3 nitrogen and oxygen atoms in total. The molecule has 6 heteroatoms. The first-order chi connectivity index (χ1) is 27.8. The van der Waals surface area contributed by atoms with Gasteiger partial charge in [-0.2, -0.15) is 0 Å². The summed E-state index contributed by atoms with van der Waals surface area (Å²) in [5.41, 5.74) is 12.2. The summed E-state index contributed by atoms with van der Waals surface area (Å²) in [7, 11) is -2.87. The van der Waals surface area contributed by atoms with Crippen LogP contribution in [0.25, 0.3) is 64.3 Å². The summed E-state index contributed by atoms with van der Waals surface area (Å²) >= 11 is 1.93. The molecule has 56 heavy (non-hydrogen) atoms. The highest BCUT2D eigenvalue weighted by Gasteiger charge is 2.54. The zero-order chi connectivity index (χ0) is 36.3. The number of nitrogens with zero attached hydrogens (tertiary/aromatic N) is 2. The Balaban J connectivity index is 1.23. The molecule has 6 heterocycles. The summed E-state index contributed by atoms with van der Waals surface area (Å²) in [5.74, 6) is 0. The topological polar surface area (TPSA) is 21.3 Å². The predicted octanol–water partition coefficient (Wildman–Crippen LogP) is 9.02. The van der Waals surface area contributed by atoms with E-state index in [1.54, 1.807) is 0 Å². The molecule has 3 aliphatic rings. The summed E-state index contributed by atoms with van der Waals surface area (Å²) in [5, 5.41) is 11.9. The van der Waals surface area contributed by atoms with Gasteiger partial charge in [-0.15, -0.1) is 11.3 Å². The van der Waals surface area contributed by atoms with Crippen LogP contribution in [0.4, 0.5) is 17.1 Å². The summed E-state index contributed by atoms with van der Waals surface area (Å²) in [6, 6.07) is 66.2. The fraction of sp³-hybridized carbons (Fsp3) is 0. The number of rotatable bonds is 2. The first kappa shape index (κ1) is 29.7. The van der Waals surface area contributed by atoms with Crippen molar-refractivity contribution in [2.24, 2.45) is 0 Å². The van der Waals surface area contributed by atoms with E-state index in [4.69, 9.17) is 4.42 Å². The third kappa shape index (κ3) is 3.36. The highest BCUT2D eigenvalue weighted by Crippen LogP contribution is 2.51. The van der Waals surface area contributed by atoms with Crippen LogP contribution in [-0.2, 0) is 0 Å². The second-order valence-corrected chi connectivity index (χ2v) is 20.3. The van der Waals surface area contributed by atoms with Crippen LogP contribution < -0.4 is 36.6 Å². The molecular weight excluding hydrogens is 716 g/mol. The van der Waals surface area contributed by atoms with Crippen LogP contribution in [-0.4, -0.2) is 19.4 Å². The van der Waals surface area contributed by atoms with Crippen LogP contribution in [0.5, 0.6) is 0 Å². The number of benzene rings is 8. The van der Waals surface area contributed by atoms with Gasteiger partial charge in [0.05, 0.1) is 10.5 Å². The maximum Gasteiger partial charge on any atom is 0.333 e. The summed E-state index contributed by atoms with van der Waals surface area (Å²) in [4.78, 5) is 3.95. The molecule has 8 aromatic carbocycles. The molecule has 0 aliphatic carbocycles. The smallest absolute Gasteiger partial charge is 0.333 e. The molecule has 0 saturated heterocycles. The fourth-order valence-corrected chi connectivity index (χ4v) is 17.4. The molecule has 0 unspecified atom stereocenters. The Morgan fingerprint density at radius 3 is 2.05 bits per heavy atom. The van der Waals surface area contributed by atoms with Gasteiger partial charge in [0, 0.05) is 54.1 Å². The SMILES string of the molecule is c1ccc([Si]2(c3ccccc3)c3ccccc3N3c4c(cccc42)B2c4c(cc5c(oc6ccccc65)c43)-c3cccc4c5c6ccccc6sc5n2c34)cc1. The summed E-state index contributed by atoms with van der Waals surface area (Å²) in [6.45, 7) is -0.0599. The molecule has 0 bridgehead atoms. The molecule has 0 N–H and O–H groups in total. The minimum atomic E-state index is -2.87. The van der Waals surface area contributed by atoms with E-state index >= 15 is 0 Å². The molecule has 0 radical (unpaired) electrons. The van der Waals surface area contributed by atoms with Crippen molar-refractivity contribution in [1.29, 1.82) is 0 Å². The molecule has 0 spiro atoms. The Labute approximate surface area is 327 Å². The van der Waals surface area contributed by atoms with Gasteiger partial charge in [-0.25, -0.2) is 0 Å². The number of aromatic nitrogens is 1. The molecule has 0 saturated carbocycles. The summed E-state index contributed by atoms with van der Waals surface area (Å²) in [6.07, 6.45) is 0. The number of anilines is 3. The Morgan fingerprint density at radius 1 is 0.536 bits per heavy atom. The van der Waals surface area contributed by atoms with Crippen molar-refractivity contribution in [1.82, 2.24) is 4.48 Å². The van der Waals surface area contributed by atoms with Gasteiger partial charge in [0.25, 0.3) is 0 Å². The van der Waals surface area contributed by atoms with Crippen LogP contribution in [0, 0.1) is 0 Å². The molecule has 11 aromatic rings. The predicted molar refractivity (Wildman–Crippen MR) is 240 cm³/mol. The van der Waals surface area contributed by atoms with Crippen molar-refractivity contribution in [3.8, 4) is 11.1 Å². The van der Waals surface area contributed by atoms with E-state index in [0.29, 0.717) is 0 Å². The minimum absolute atomic E-state index is 0.0599. The van der Waals surface area contributed by atoms with E-state index in [1.165, 1.54) is 91.1 Å². The normalized spacial score (nSPS) is 14.5. The van der Waals surface area contributed by atoms with Gasteiger partial charge in [0.2, 0.25) is 0 Å². The van der Waals surface area contributed by atoms with E-state index in [9.17, 15) is 0 Å². The van der Waals surface area contributed by atoms with Crippen molar-refractivity contribution >= 4 is 128 Å². The minimum Gasteiger partial charge on any atom is -0.454 e. The van der Waals surface area contributed by atoms with Crippen molar-refractivity contribution in [2.75, 3.05) is 4.90 Å². The van der Waals surface area contributed by atoms with E-state index < -0.39 is 8.07 Å². The highest BCUT2D eigenvalue weighted by molar-refractivity contribution is 7.26. The molecule has 3 aromatic heterocycles. The molecule has 0 fully saturated rings. The number of para-hydroxylation sites is 4. The molecule has 3 aliphatic heterocycles. The quantitative estimate of drug-likeness (QED) is 0.165. The van der Waals surface area contributed by atoms with E-state index in [0.717, 1.165) is 21.9 Å². The monoisotopic (exact) mass is 744 g/mol. The average molecular weight is 745 g/mol. The third-order valence-corrected chi connectivity index (χ3v) is 19.0. The lowest BCUT2D eigenvalue weighted by molar-refractivity contribution is 0.669. The number of hydrogen-bond donors (Lipinski definition) is 0. The second kappa shape index (κ2) is 10.4. The summed E-state index contributed by atoms with van der Waals surface area (Å²) < 4.78 is 11.2. The molecular formula is C50H29BN2OSSi. The van der Waals surface area contributed by atoms with Crippen LogP contribution in [0.1, 0.15) is 0 Å².